The van der Waals surface area contributed by atoms with E-state index in [0.29, 0.717) is 11.3 Å². The monoisotopic (exact) mass is 428 g/mol. The van der Waals surface area contributed by atoms with Crippen molar-refractivity contribution in [2.24, 2.45) is 0 Å². The van der Waals surface area contributed by atoms with Crippen LogP contribution in [0.3, 0.4) is 0 Å². The van der Waals surface area contributed by atoms with Crippen LogP contribution in [0.25, 0.3) is 22.0 Å². The van der Waals surface area contributed by atoms with Crippen molar-refractivity contribution in [3.8, 4) is 28.4 Å². The van der Waals surface area contributed by atoms with E-state index in [1.807, 2.05) is 66.7 Å². The van der Waals surface area contributed by atoms with Crippen LogP contribution in [-0.2, 0) is 0 Å². The summed E-state index contributed by atoms with van der Waals surface area (Å²) >= 11 is 0. The average molecular weight is 428 g/mol. The highest BCUT2D eigenvalue weighted by atomic mass is 16.5. The molecular weight excluding hydrogens is 404 g/mol. The Hall–Kier alpha value is -3.90. The Labute approximate surface area is 186 Å². The Balaban J connectivity index is 1.68. The molecule has 4 aromatic rings. The topological polar surface area (TPSA) is 80.7 Å². The summed E-state index contributed by atoms with van der Waals surface area (Å²) in [6, 6.07) is 22.6. The summed E-state index contributed by atoms with van der Waals surface area (Å²) in [4.78, 5) is 17.0. The van der Waals surface area contributed by atoms with Crippen LogP contribution in [0.1, 0.15) is 17.3 Å². The molecule has 3 aromatic carbocycles. The number of benzene rings is 3. The minimum Gasteiger partial charge on any atom is -0.497 e. The van der Waals surface area contributed by atoms with Gasteiger partial charge < -0.3 is 19.9 Å². The van der Waals surface area contributed by atoms with Crippen LogP contribution in [-0.4, -0.2) is 35.8 Å². The Kier molecular flexibility index (Phi) is 6.33. The quantitative estimate of drug-likeness (QED) is 0.441. The third kappa shape index (κ3) is 4.71. The Bertz CT molecular complexity index is 1220. The van der Waals surface area contributed by atoms with Crippen molar-refractivity contribution in [3.05, 3.63) is 84.6 Å². The minimum atomic E-state index is -0.337. The second-order valence-electron chi connectivity index (χ2n) is 7.47. The lowest BCUT2D eigenvalue weighted by Gasteiger charge is -2.13. The minimum absolute atomic E-state index is 0.130. The number of aliphatic hydroxyl groups is 1. The number of para-hydroxylation sites is 1. The van der Waals surface area contributed by atoms with Crippen molar-refractivity contribution in [2.45, 2.75) is 13.0 Å². The number of aromatic nitrogens is 1. The summed E-state index contributed by atoms with van der Waals surface area (Å²) in [5.74, 6) is 1.89. The molecule has 0 saturated heterocycles. The van der Waals surface area contributed by atoms with E-state index >= 15 is 0 Å². The number of pyridine rings is 1. The van der Waals surface area contributed by atoms with Gasteiger partial charge in [-0.1, -0.05) is 30.3 Å². The van der Waals surface area contributed by atoms with Gasteiger partial charge in [0.2, 0.25) is 0 Å². The molecule has 0 unspecified atom stereocenters. The highest BCUT2D eigenvalue weighted by molar-refractivity contribution is 6.01. The second-order valence-corrected chi connectivity index (χ2v) is 7.47. The molecule has 0 aliphatic carbocycles. The van der Waals surface area contributed by atoms with Crippen LogP contribution >= 0.6 is 0 Å². The summed E-state index contributed by atoms with van der Waals surface area (Å²) in [6.45, 7) is 1.60. The fourth-order valence-corrected chi connectivity index (χ4v) is 3.36. The molecule has 0 spiro atoms. The van der Waals surface area contributed by atoms with E-state index < -0.39 is 0 Å². The lowest BCUT2D eigenvalue weighted by molar-refractivity contribution is 0.0922. The predicted octanol–water partition coefficient (Wildman–Crippen LogP) is 4.81. The molecule has 1 amide bonds. The largest absolute Gasteiger partial charge is 0.497 e. The summed E-state index contributed by atoms with van der Waals surface area (Å²) < 4.78 is 11.4. The van der Waals surface area contributed by atoms with Crippen LogP contribution in [0.15, 0.2) is 79.0 Å². The van der Waals surface area contributed by atoms with Gasteiger partial charge in [0.25, 0.3) is 5.91 Å². The van der Waals surface area contributed by atoms with Crippen LogP contribution in [0.4, 0.5) is 0 Å². The van der Waals surface area contributed by atoms with Gasteiger partial charge in [-0.05, 0) is 55.0 Å². The summed E-state index contributed by atoms with van der Waals surface area (Å²) in [7, 11) is 1.61. The Morgan fingerprint density at radius 2 is 1.72 bits per heavy atom. The zero-order chi connectivity index (χ0) is 22.5. The molecule has 0 bridgehead atoms. The average Bonchev–Trinajstić information content (AvgIpc) is 2.84. The lowest BCUT2D eigenvalue weighted by atomic mass is 10.0. The van der Waals surface area contributed by atoms with Gasteiger partial charge in [-0.3, -0.25) is 9.78 Å². The molecule has 6 nitrogen and oxygen atoms in total. The first kappa shape index (κ1) is 21.3. The molecule has 0 radical (unpaired) electrons. The second kappa shape index (κ2) is 9.49. The number of nitrogens with zero attached hydrogens (tertiary/aromatic N) is 1. The third-order valence-electron chi connectivity index (χ3n) is 5.05. The van der Waals surface area contributed by atoms with E-state index in [-0.39, 0.29) is 18.6 Å². The van der Waals surface area contributed by atoms with Gasteiger partial charge in [0.05, 0.1) is 24.8 Å². The molecule has 1 aromatic heterocycles. The van der Waals surface area contributed by atoms with Crippen molar-refractivity contribution in [3.63, 3.8) is 0 Å². The lowest BCUT2D eigenvalue weighted by Crippen LogP contribution is -2.35. The highest BCUT2D eigenvalue weighted by Crippen LogP contribution is 2.33. The van der Waals surface area contributed by atoms with Crippen LogP contribution in [0.5, 0.6) is 17.2 Å². The standard InChI is InChI=1S/C26H24N2O4/c1-17(16-29)28-26(30)20-12-19-13-23(31-2)14-24(25(19)27-15-20)18-8-10-22(11-9-18)32-21-6-4-3-5-7-21/h3-15,17,29H,16H2,1-2H3,(H,28,30)/t17-/m1/s1. The van der Waals surface area contributed by atoms with E-state index in [1.165, 1.54) is 0 Å². The third-order valence-corrected chi connectivity index (χ3v) is 5.05. The number of nitrogens with one attached hydrogen (secondary N) is 1. The molecule has 0 fully saturated rings. The molecule has 32 heavy (non-hydrogen) atoms. The van der Waals surface area contributed by atoms with Gasteiger partial charge in [-0.2, -0.15) is 0 Å². The number of amides is 1. The molecule has 162 valence electrons. The molecule has 0 aliphatic heterocycles. The van der Waals surface area contributed by atoms with Gasteiger partial charge in [0, 0.05) is 23.2 Å². The fraction of sp³-hybridized carbons (Fsp3) is 0.154. The van der Waals surface area contributed by atoms with Gasteiger partial charge in [0.1, 0.15) is 17.2 Å². The molecule has 2 N–H and O–H groups in total. The maximum Gasteiger partial charge on any atom is 0.253 e. The number of carbonyl (C=O) groups is 1. The normalized spacial score (nSPS) is 11.7. The Morgan fingerprint density at radius 3 is 2.41 bits per heavy atom. The molecule has 4 rings (SSSR count). The molecule has 0 saturated carbocycles. The summed E-state index contributed by atoms with van der Waals surface area (Å²) in [5.41, 5.74) is 3.02. The van der Waals surface area contributed by atoms with Crippen LogP contribution in [0, 0.1) is 0 Å². The van der Waals surface area contributed by atoms with E-state index in [1.54, 1.807) is 26.3 Å². The first-order valence-corrected chi connectivity index (χ1v) is 10.3. The maximum absolute atomic E-state index is 12.4. The molecule has 1 heterocycles. The van der Waals surface area contributed by atoms with Crippen molar-refractivity contribution < 1.29 is 19.4 Å². The fourth-order valence-electron chi connectivity index (χ4n) is 3.36. The number of hydrogen-bond acceptors (Lipinski definition) is 5. The van der Waals surface area contributed by atoms with E-state index in [0.717, 1.165) is 33.5 Å². The van der Waals surface area contributed by atoms with Crippen molar-refractivity contribution >= 4 is 16.8 Å². The van der Waals surface area contributed by atoms with Crippen molar-refractivity contribution in [2.75, 3.05) is 13.7 Å². The number of fused-ring (bicyclic) bond motifs is 1. The summed E-state index contributed by atoms with van der Waals surface area (Å²) in [6.07, 6.45) is 1.55. The van der Waals surface area contributed by atoms with E-state index in [4.69, 9.17) is 9.47 Å². The number of hydrogen-bond donors (Lipinski definition) is 2. The number of rotatable bonds is 7. The summed E-state index contributed by atoms with van der Waals surface area (Å²) in [5, 5.41) is 12.7. The van der Waals surface area contributed by atoms with Gasteiger partial charge >= 0.3 is 0 Å². The van der Waals surface area contributed by atoms with Crippen molar-refractivity contribution in [1.82, 2.24) is 10.3 Å². The first-order chi connectivity index (χ1) is 15.6. The van der Waals surface area contributed by atoms with Gasteiger partial charge in [-0.15, -0.1) is 0 Å². The van der Waals surface area contributed by atoms with Crippen LogP contribution in [0.2, 0.25) is 0 Å². The smallest absolute Gasteiger partial charge is 0.253 e. The molecule has 6 heteroatoms. The number of ether oxygens (including phenoxy) is 2. The molecular formula is C26H24N2O4. The maximum atomic E-state index is 12.4. The Morgan fingerprint density at radius 1 is 1.00 bits per heavy atom. The SMILES string of the molecule is COc1cc(-c2ccc(Oc3ccccc3)cc2)c2ncc(C(=O)N[C@H](C)CO)cc2c1. The zero-order valence-electron chi connectivity index (χ0n) is 17.9. The molecule has 1 atom stereocenters. The van der Waals surface area contributed by atoms with Gasteiger partial charge in [0.15, 0.2) is 0 Å². The number of aliphatic hydroxyl groups excluding tert-OH is 1. The van der Waals surface area contributed by atoms with Crippen molar-refractivity contribution in [1.29, 1.82) is 0 Å². The predicted molar refractivity (Wildman–Crippen MR) is 124 cm³/mol. The number of methoxy groups -OCH3 is 1. The number of carbonyl (C=O) groups excluding carboxylic acids is 1. The highest BCUT2D eigenvalue weighted by Gasteiger charge is 2.14. The van der Waals surface area contributed by atoms with E-state index in [9.17, 15) is 9.90 Å². The zero-order valence-corrected chi connectivity index (χ0v) is 17.9. The molecule has 0 aliphatic rings. The van der Waals surface area contributed by atoms with Crippen LogP contribution < -0.4 is 14.8 Å². The van der Waals surface area contributed by atoms with E-state index in [2.05, 4.69) is 10.3 Å². The van der Waals surface area contributed by atoms with Gasteiger partial charge in [-0.25, -0.2) is 0 Å². The first-order valence-electron chi connectivity index (χ1n) is 10.3.